The van der Waals surface area contributed by atoms with Gasteiger partial charge in [-0.15, -0.1) is 0 Å². The number of benzene rings is 3. The fourth-order valence-corrected chi connectivity index (χ4v) is 4.23. The molecule has 0 radical (unpaired) electrons. The van der Waals surface area contributed by atoms with Crippen LogP contribution in [0.3, 0.4) is 0 Å². The first kappa shape index (κ1) is 20.7. The topological polar surface area (TPSA) is 85.0 Å². The lowest BCUT2D eigenvalue weighted by atomic mass is 10.0. The second-order valence-corrected chi connectivity index (χ2v) is 7.90. The number of pyridine rings is 1. The summed E-state index contributed by atoms with van der Waals surface area (Å²) in [4.78, 5) is 25.9. The summed E-state index contributed by atoms with van der Waals surface area (Å²) in [6.45, 7) is -0.0871. The van der Waals surface area contributed by atoms with Crippen LogP contribution in [-0.2, 0) is 6.42 Å². The minimum absolute atomic E-state index is 0.0871. The Balaban J connectivity index is 1.69. The second-order valence-electron chi connectivity index (χ2n) is 7.90. The van der Waals surface area contributed by atoms with Gasteiger partial charge in [-0.25, -0.2) is 4.98 Å². The molecule has 33 heavy (non-hydrogen) atoms. The monoisotopic (exact) mass is 436 g/mol. The molecule has 0 fully saturated rings. The molecular weight excluding hydrogens is 412 g/mol. The minimum Gasteiger partial charge on any atom is -0.394 e. The van der Waals surface area contributed by atoms with Crippen LogP contribution in [0.15, 0.2) is 102 Å². The number of para-hydroxylation sites is 3. The van der Waals surface area contributed by atoms with E-state index in [2.05, 4.69) is 15.0 Å². The number of nitrogens with one attached hydrogen (secondary N) is 2. The number of aromatic amines is 2. The summed E-state index contributed by atoms with van der Waals surface area (Å²) in [5, 5.41) is 10.5. The molecule has 0 bridgehead atoms. The van der Waals surface area contributed by atoms with Crippen molar-refractivity contribution >= 4 is 22.4 Å². The molecular formula is C27H24N4O2. The molecule has 2 aromatic heterocycles. The summed E-state index contributed by atoms with van der Waals surface area (Å²) in [7, 11) is 0. The normalized spacial score (nSPS) is 12.0. The van der Waals surface area contributed by atoms with Crippen LogP contribution in [0.25, 0.3) is 22.4 Å². The summed E-state index contributed by atoms with van der Waals surface area (Å²) in [6, 6.07) is 29.1. The Labute approximate surface area is 191 Å². The number of aliphatic hydroxyl groups is 1. The third kappa shape index (κ3) is 4.16. The summed E-state index contributed by atoms with van der Waals surface area (Å²) in [6.07, 6.45) is 2.25. The molecule has 6 heteroatoms. The van der Waals surface area contributed by atoms with Gasteiger partial charge < -0.3 is 20.0 Å². The Morgan fingerprint density at radius 3 is 2.30 bits per heavy atom. The summed E-state index contributed by atoms with van der Waals surface area (Å²) in [5.41, 5.74) is 4.50. The van der Waals surface area contributed by atoms with E-state index in [9.17, 15) is 9.90 Å². The number of nitrogens with zero attached hydrogens (tertiary/aromatic N) is 2. The molecule has 0 saturated carbocycles. The van der Waals surface area contributed by atoms with Gasteiger partial charge in [-0.2, -0.15) is 0 Å². The van der Waals surface area contributed by atoms with E-state index in [4.69, 9.17) is 0 Å². The second kappa shape index (κ2) is 9.14. The number of rotatable bonds is 7. The number of hydrogen-bond acceptors (Lipinski definition) is 4. The fourth-order valence-electron chi connectivity index (χ4n) is 4.23. The van der Waals surface area contributed by atoms with Crippen LogP contribution in [0.1, 0.15) is 5.56 Å². The van der Waals surface area contributed by atoms with E-state index in [1.165, 1.54) is 0 Å². The molecule has 6 nitrogen and oxygen atoms in total. The van der Waals surface area contributed by atoms with Gasteiger partial charge in [-0.1, -0.05) is 60.7 Å². The van der Waals surface area contributed by atoms with Crippen molar-refractivity contribution in [2.75, 3.05) is 11.5 Å². The van der Waals surface area contributed by atoms with E-state index in [-0.39, 0.29) is 18.2 Å². The third-order valence-corrected chi connectivity index (χ3v) is 5.75. The zero-order valence-corrected chi connectivity index (χ0v) is 18.0. The van der Waals surface area contributed by atoms with Crippen LogP contribution in [0.2, 0.25) is 0 Å². The van der Waals surface area contributed by atoms with E-state index in [0.29, 0.717) is 23.5 Å². The maximum Gasteiger partial charge on any atom is 0.261 e. The largest absolute Gasteiger partial charge is 0.394 e. The van der Waals surface area contributed by atoms with Crippen LogP contribution in [0, 0.1) is 0 Å². The van der Waals surface area contributed by atoms with Crippen molar-refractivity contribution in [3.8, 4) is 11.4 Å². The predicted octanol–water partition coefficient (Wildman–Crippen LogP) is 4.66. The highest BCUT2D eigenvalue weighted by Crippen LogP contribution is 2.34. The van der Waals surface area contributed by atoms with Gasteiger partial charge in [-0.05, 0) is 42.3 Å². The molecule has 5 rings (SSSR count). The van der Waals surface area contributed by atoms with E-state index < -0.39 is 0 Å². The van der Waals surface area contributed by atoms with Crippen molar-refractivity contribution in [2.45, 2.75) is 12.5 Å². The Bertz CT molecular complexity index is 1380. The molecule has 0 aliphatic carbocycles. The summed E-state index contributed by atoms with van der Waals surface area (Å²) in [5.74, 6) is 0.491. The van der Waals surface area contributed by atoms with Crippen molar-refractivity contribution in [3.63, 3.8) is 0 Å². The average Bonchev–Trinajstić information content (AvgIpc) is 3.29. The smallest absolute Gasteiger partial charge is 0.261 e. The van der Waals surface area contributed by atoms with E-state index in [1.807, 2.05) is 95.9 Å². The highest BCUT2D eigenvalue weighted by molar-refractivity contribution is 5.85. The first-order chi connectivity index (χ1) is 16.2. The number of fused-ring (bicyclic) bond motifs is 1. The number of aliphatic hydroxyl groups excluding tert-OH is 1. The highest BCUT2D eigenvalue weighted by Gasteiger charge is 2.26. The molecule has 0 aliphatic heterocycles. The Morgan fingerprint density at radius 1 is 0.879 bits per heavy atom. The van der Waals surface area contributed by atoms with Crippen molar-refractivity contribution in [1.82, 2.24) is 15.0 Å². The van der Waals surface area contributed by atoms with Crippen LogP contribution in [0.4, 0.5) is 11.4 Å². The van der Waals surface area contributed by atoms with Gasteiger partial charge >= 0.3 is 0 Å². The van der Waals surface area contributed by atoms with Crippen molar-refractivity contribution in [2.24, 2.45) is 0 Å². The van der Waals surface area contributed by atoms with Gasteiger partial charge in [0.15, 0.2) is 0 Å². The van der Waals surface area contributed by atoms with Gasteiger partial charge in [0.2, 0.25) is 0 Å². The number of anilines is 2. The standard InChI is InChI=1S/C27H24N4O2/c32-18-21(17-19-9-3-1-4-10-19)31(20-11-5-2-6-12-20)24-15-16-28-27(33)25(24)26-29-22-13-7-8-14-23(22)30-26/h1-16,21,32H,17-18H2,(H,28,33)(H,29,30). The lowest BCUT2D eigenvalue weighted by Crippen LogP contribution is -2.37. The molecule has 0 spiro atoms. The fraction of sp³-hybridized carbons (Fsp3) is 0.111. The van der Waals surface area contributed by atoms with Crippen molar-refractivity contribution in [1.29, 1.82) is 0 Å². The SMILES string of the molecule is O=c1[nH]ccc(N(c2ccccc2)C(CO)Cc2ccccc2)c1-c1nc2ccccc2[nH]1. The van der Waals surface area contributed by atoms with Gasteiger partial charge in [0, 0.05) is 11.9 Å². The van der Waals surface area contributed by atoms with Crippen LogP contribution < -0.4 is 10.5 Å². The number of imidazole rings is 1. The molecule has 5 aromatic rings. The van der Waals surface area contributed by atoms with E-state index >= 15 is 0 Å². The molecule has 164 valence electrons. The Kier molecular flexibility index (Phi) is 5.74. The van der Waals surface area contributed by atoms with Gasteiger partial charge in [0.1, 0.15) is 11.4 Å². The number of H-pyrrole nitrogens is 2. The molecule has 0 aliphatic rings. The first-order valence-corrected chi connectivity index (χ1v) is 10.9. The van der Waals surface area contributed by atoms with Crippen LogP contribution in [0.5, 0.6) is 0 Å². The van der Waals surface area contributed by atoms with E-state index in [1.54, 1.807) is 6.20 Å². The zero-order valence-electron chi connectivity index (χ0n) is 18.0. The number of hydrogen-bond donors (Lipinski definition) is 3. The minimum atomic E-state index is -0.292. The zero-order chi connectivity index (χ0) is 22.6. The maximum atomic E-state index is 13.1. The lowest BCUT2D eigenvalue weighted by Gasteiger charge is -2.34. The Morgan fingerprint density at radius 2 is 1.58 bits per heavy atom. The lowest BCUT2D eigenvalue weighted by molar-refractivity contribution is 0.264. The van der Waals surface area contributed by atoms with Gasteiger partial charge in [0.05, 0.1) is 29.4 Å². The molecule has 0 saturated heterocycles. The molecule has 1 atom stereocenters. The predicted molar refractivity (Wildman–Crippen MR) is 132 cm³/mol. The third-order valence-electron chi connectivity index (χ3n) is 5.75. The van der Waals surface area contributed by atoms with Gasteiger partial charge in [-0.3, -0.25) is 4.79 Å². The van der Waals surface area contributed by atoms with Gasteiger partial charge in [0.25, 0.3) is 5.56 Å². The summed E-state index contributed by atoms with van der Waals surface area (Å²) < 4.78 is 0. The van der Waals surface area contributed by atoms with Crippen molar-refractivity contribution < 1.29 is 5.11 Å². The van der Waals surface area contributed by atoms with Crippen LogP contribution in [-0.4, -0.2) is 32.7 Å². The molecule has 3 aromatic carbocycles. The first-order valence-electron chi connectivity index (χ1n) is 10.9. The number of aromatic nitrogens is 3. The summed E-state index contributed by atoms with van der Waals surface area (Å²) >= 11 is 0. The quantitative estimate of drug-likeness (QED) is 0.346. The molecule has 3 N–H and O–H groups in total. The molecule has 2 heterocycles. The van der Waals surface area contributed by atoms with E-state index in [0.717, 1.165) is 22.3 Å². The maximum absolute atomic E-state index is 13.1. The molecule has 1 unspecified atom stereocenters. The van der Waals surface area contributed by atoms with Crippen LogP contribution >= 0.6 is 0 Å². The Hall–Kier alpha value is -4.16. The molecule has 0 amide bonds. The van der Waals surface area contributed by atoms with Crippen molar-refractivity contribution in [3.05, 3.63) is 113 Å². The highest BCUT2D eigenvalue weighted by atomic mass is 16.3. The average molecular weight is 437 g/mol.